The first-order valence-corrected chi connectivity index (χ1v) is 16.5. The summed E-state index contributed by atoms with van der Waals surface area (Å²) in [6.45, 7) is 5.91. The van der Waals surface area contributed by atoms with Crippen molar-refractivity contribution in [1.29, 1.82) is 0 Å². The van der Waals surface area contributed by atoms with Crippen molar-refractivity contribution in [3.8, 4) is 33.5 Å². The average molecular weight is 566 g/mol. The van der Waals surface area contributed by atoms with Crippen LogP contribution in [0.1, 0.15) is 26.3 Å². The summed E-state index contributed by atoms with van der Waals surface area (Å²) in [5, 5.41) is 1.68. The molecule has 0 N–H and O–H groups in total. The van der Waals surface area contributed by atoms with Gasteiger partial charge in [0.15, 0.2) is 0 Å². The smallest absolute Gasteiger partial charge is 0.146 e. The summed E-state index contributed by atoms with van der Waals surface area (Å²) in [6.07, 6.45) is 8.12. The summed E-state index contributed by atoms with van der Waals surface area (Å²) in [4.78, 5) is 5.75. The van der Waals surface area contributed by atoms with E-state index in [-0.39, 0.29) is 17.0 Å². The van der Waals surface area contributed by atoms with Crippen LogP contribution >= 0.6 is 10.0 Å². The van der Waals surface area contributed by atoms with E-state index >= 15 is 4.39 Å². The van der Waals surface area contributed by atoms with Crippen molar-refractivity contribution in [2.24, 2.45) is 0 Å². The zero-order valence-electron chi connectivity index (χ0n) is 24.2. The lowest BCUT2D eigenvalue weighted by molar-refractivity contribution is 0.519. The Hall–Kier alpha value is -3.96. The fourth-order valence-corrected chi connectivity index (χ4v) is 6.31. The van der Waals surface area contributed by atoms with Crippen LogP contribution in [-0.2, 0) is 5.41 Å². The second kappa shape index (κ2) is 9.85. The van der Waals surface area contributed by atoms with E-state index in [1.807, 2.05) is 63.2 Å². The van der Waals surface area contributed by atoms with Crippen LogP contribution in [0.25, 0.3) is 55.4 Å². The molecule has 0 unspecified atom stereocenters. The maximum absolute atomic E-state index is 15.5. The lowest BCUT2D eigenvalue weighted by atomic mass is 9.86. The highest BCUT2D eigenvalue weighted by Crippen LogP contribution is 2.46. The van der Waals surface area contributed by atoms with Crippen LogP contribution < -0.4 is 0 Å². The molecule has 0 saturated heterocycles. The minimum atomic E-state index is -0.786. The molecule has 0 aliphatic carbocycles. The molecule has 0 amide bonds. The van der Waals surface area contributed by atoms with Crippen molar-refractivity contribution >= 4 is 32.0 Å². The zero-order chi connectivity index (χ0) is 29.1. The first kappa shape index (κ1) is 27.2. The molecule has 0 radical (unpaired) electrons. The van der Waals surface area contributed by atoms with E-state index in [2.05, 4.69) is 48.0 Å². The van der Waals surface area contributed by atoms with Gasteiger partial charge in [-0.3, -0.25) is 4.98 Å². The predicted molar refractivity (Wildman–Crippen MR) is 170 cm³/mol. The van der Waals surface area contributed by atoms with Crippen molar-refractivity contribution in [1.82, 2.24) is 4.98 Å². The number of hydrogen-bond donors (Lipinski definition) is 0. The maximum Gasteiger partial charge on any atom is 0.146 e. The predicted octanol–water partition coefficient (Wildman–Crippen LogP) is 10.6. The lowest BCUT2D eigenvalue weighted by Gasteiger charge is -2.25. The SMILES string of the molecule is CC(C)(C)c1cc(-c2cccc3c2oc2c(-c4ccc(-c5ccc(S(C)(C)C)cc5)cc4)c(F)ccc23)ncc1F. The lowest BCUT2D eigenvalue weighted by Crippen LogP contribution is -2.14. The van der Waals surface area contributed by atoms with Gasteiger partial charge in [-0.25, -0.2) is 18.8 Å². The zero-order valence-corrected chi connectivity index (χ0v) is 25.0. The topological polar surface area (TPSA) is 26.0 Å². The Kier molecular flexibility index (Phi) is 6.54. The normalized spacial score (nSPS) is 12.8. The van der Waals surface area contributed by atoms with Gasteiger partial charge in [-0.15, -0.1) is 0 Å². The van der Waals surface area contributed by atoms with Crippen LogP contribution in [0.5, 0.6) is 0 Å². The molecule has 5 heteroatoms. The van der Waals surface area contributed by atoms with Gasteiger partial charge in [0, 0.05) is 16.3 Å². The molecule has 0 bridgehead atoms. The van der Waals surface area contributed by atoms with Gasteiger partial charge in [0.05, 0.1) is 17.5 Å². The molecule has 4 aromatic carbocycles. The summed E-state index contributed by atoms with van der Waals surface area (Å²) in [6, 6.07) is 27.5. The van der Waals surface area contributed by atoms with E-state index in [0.717, 1.165) is 33.0 Å². The fourth-order valence-electron chi connectivity index (χ4n) is 5.35. The number of rotatable bonds is 4. The number of fused-ring (bicyclic) bond motifs is 3. The van der Waals surface area contributed by atoms with Crippen LogP contribution in [0.3, 0.4) is 0 Å². The minimum absolute atomic E-state index is 0.336. The molecule has 0 fully saturated rings. The highest BCUT2D eigenvalue weighted by molar-refractivity contribution is 8.32. The molecule has 208 valence electrons. The van der Waals surface area contributed by atoms with Gasteiger partial charge in [-0.1, -0.05) is 69.3 Å². The van der Waals surface area contributed by atoms with E-state index in [1.165, 1.54) is 17.2 Å². The molecule has 41 heavy (non-hydrogen) atoms. The van der Waals surface area contributed by atoms with Crippen molar-refractivity contribution in [2.45, 2.75) is 31.1 Å². The first-order chi connectivity index (χ1) is 19.4. The summed E-state index contributed by atoms with van der Waals surface area (Å²) in [5.41, 5.74) is 5.99. The Morgan fingerprint density at radius 1 is 0.683 bits per heavy atom. The summed E-state index contributed by atoms with van der Waals surface area (Å²) in [5.74, 6) is -0.685. The van der Waals surface area contributed by atoms with Crippen LogP contribution in [0.4, 0.5) is 8.78 Å². The first-order valence-electron chi connectivity index (χ1n) is 13.6. The Balaban J connectivity index is 1.46. The molecule has 0 aliphatic heterocycles. The third kappa shape index (κ3) is 4.93. The quantitative estimate of drug-likeness (QED) is 0.212. The van der Waals surface area contributed by atoms with E-state index in [1.54, 1.807) is 12.1 Å². The Labute approximate surface area is 241 Å². The molecule has 0 atom stereocenters. The van der Waals surface area contributed by atoms with E-state index < -0.39 is 10.0 Å². The molecule has 6 rings (SSSR count). The summed E-state index contributed by atoms with van der Waals surface area (Å²) >= 11 is 0. The molecule has 2 nitrogen and oxygen atoms in total. The minimum Gasteiger partial charge on any atom is -0.455 e. The van der Waals surface area contributed by atoms with E-state index in [4.69, 9.17) is 4.42 Å². The standard InChI is InChI=1S/C36H33F2NOS/c1-36(2,3)29-20-32(39-21-31(29)38)28-9-7-8-26-27-18-19-30(37)33(35(27)40-34(26)28)24-12-10-22(11-13-24)23-14-16-25(17-15-23)41(4,5)6/h7-21H,1-6H3. The van der Waals surface area contributed by atoms with Gasteiger partial charge >= 0.3 is 0 Å². The Morgan fingerprint density at radius 2 is 1.29 bits per heavy atom. The molecule has 0 aliphatic rings. The molecule has 2 heterocycles. The third-order valence-corrected chi connectivity index (χ3v) is 9.31. The third-order valence-electron chi connectivity index (χ3n) is 7.62. The second-order valence-electron chi connectivity index (χ2n) is 12.3. The summed E-state index contributed by atoms with van der Waals surface area (Å²) < 4.78 is 36.5. The number of pyridine rings is 1. The number of nitrogens with zero attached hydrogens (tertiary/aromatic N) is 1. The number of aromatic nitrogens is 1. The largest absolute Gasteiger partial charge is 0.455 e. The highest BCUT2D eigenvalue weighted by atomic mass is 32.3. The van der Waals surface area contributed by atoms with Gasteiger partial charge in [-0.05, 0) is 87.7 Å². The van der Waals surface area contributed by atoms with E-state index in [9.17, 15) is 4.39 Å². The van der Waals surface area contributed by atoms with Crippen LogP contribution in [0.15, 0.2) is 100 Å². The molecular formula is C36H33F2NOS. The van der Waals surface area contributed by atoms with Crippen molar-refractivity contribution in [3.63, 3.8) is 0 Å². The maximum atomic E-state index is 15.5. The van der Waals surface area contributed by atoms with Gasteiger partial charge in [0.1, 0.15) is 22.8 Å². The van der Waals surface area contributed by atoms with Crippen LogP contribution in [-0.4, -0.2) is 23.8 Å². The Morgan fingerprint density at radius 3 is 1.93 bits per heavy atom. The average Bonchev–Trinajstić information content (AvgIpc) is 3.31. The van der Waals surface area contributed by atoms with Gasteiger partial charge in [0.25, 0.3) is 0 Å². The highest BCUT2D eigenvalue weighted by Gasteiger charge is 2.23. The van der Waals surface area contributed by atoms with Crippen molar-refractivity contribution in [3.05, 3.63) is 108 Å². The molecule has 0 saturated carbocycles. The number of para-hydroxylation sites is 1. The monoisotopic (exact) mass is 565 g/mol. The van der Waals surface area contributed by atoms with Crippen LogP contribution in [0.2, 0.25) is 0 Å². The molecule has 6 aromatic rings. The van der Waals surface area contributed by atoms with Crippen molar-refractivity contribution in [2.75, 3.05) is 18.8 Å². The fraction of sp³-hybridized carbons (Fsp3) is 0.194. The molecular weight excluding hydrogens is 532 g/mol. The van der Waals surface area contributed by atoms with Crippen LogP contribution in [0, 0.1) is 11.6 Å². The molecule has 0 spiro atoms. The number of halogens is 2. The van der Waals surface area contributed by atoms with E-state index in [0.29, 0.717) is 28.0 Å². The van der Waals surface area contributed by atoms with Gasteiger partial charge in [-0.2, -0.15) is 0 Å². The van der Waals surface area contributed by atoms with Gasteiger partial charge < -0.3 is 4.42 Å². The Bertz CT molecular complexity index is 1910. The van der Waals surface area contributed by atoms with Gasteiger partial charge in [0.2, 0.25) is 0 Å². The number of hydrogen-bond acceptors (Lipinski definition) is 2. The number of furan rings is 1. The second-order valence-corrected chi connectivity index (χ2v) is 16.5. The summed E-state index contributed by atoms with van der Waals surface area (Å²) in [7, 11) is -0.786. The molecule has 2 aromatic heterocycles. The van der Waals surface area contributed by atoms with Crippen molar-refractivity contribution < 1.29 is 13.2 Å². The number of benzene rings is 4.